The monoisotopic (exact) mass is 345 g/mol. The zero-order chi connectivity index (χ0) is 17.9. The van der Waals surface area contributed by atoms with E-state index in [1.807, 2.05) is 12.1 Å². The first-order valence-corrected chi connectivity index (χ1v) is 9.07. The van der Waals surface area contributed by atoms with Crippen molar-refractivity contribution in [2.75, 3.05) is 30.4 Å². The predicted molar refractivity (Wildman–Crippen MR) is 98.0 cm³/mol. The molecule has 0 aromatic heterocycles. The van der Waals surface area contributed by atoms with Crippen LogP contribution in [0.4, 0.5) is 16.2 Å². The van der Waals surface area contributed by atoms with Crippen LogP contribution >= 0.6 is 0 Å². The third-order valence-electron chi connectivity index (χ3n) is 5.32. The van der Waals surface area contributed by atoms with E-state index in [0.717, 1.165) is 37.2 Å². The first kappa shape index (κ1) is 17.6. The van der Waals surface area contributed by atoms with Crippen molar-refractivity contribution in [1.82, 2.24) is 5.32 Å². The van der Waals surface area contributed by atoms with E-state index in [9.17, 15) is 9.59 Å². The topological polar surface area (TPSA) is 70.7 Å². The van der Waals surface area contributed by atoms with E-state index >= 15 is 0 Å². The molecular weight excluding hydrogens is 318 g/mol. The molecule has 2 N–H and O–H groups in total. The second kappa shape index (κ2) is 7.33. The maximum atomic E-state index is 12.8. The number of hydrogen-bond acceptors (Lipinski definition) is 4. The predicted octanol–water partition coefficient (Wildman–Crippen LogP) is 3.20. The summed E-state index contributed by atoms with van der Waals surface area (Å²) >= 11 is 0. The first-order chi connectivity index (χ1) is 12.0. The SMILES string of the molecule is COC(=O)NC1(C(=O)Nc2ccc(N3CCCC3)c(C)c2)CCCC1. The molecule has 2 fully saturated rings. The number of nitrogens with one attached hydrogen (secondary N) is 2. The van der Waals surface area contributed by atoms with Gasteiger partial charge in [-0.2, -0.15) is 0 Å². The lowest BCUT2D eigenvalue weighted by Gasteiger charge is -2.28. The van der Waals surface area contributed by atoms with Crippen molar-refractivity contribution in [2.24, 2.45) is 0 Å². The number of carbonyl (C=O) groups is 2. The summed E-state index contributed by atoms with van der Waals surface area (Å²) in [5.41, 5.74) is 2.29. The van der Waals surface area contributed by atoms with Crippen molar-refractivity contribution < 1.29 is 14.3 Å². The van der Waals surface area contributed by atoms with Gasteiger partial charge in [0.2, 0.25) is 5.91 Å². The van der Waals surface area contributed by atoms with E-state index in [1.165, 1.54) is 25.6 Å². The molecule has 136 valence electrons. The number of methoxy groups -OCH3 is 1. The number of anilines is 2. The molecule has 1 aromatic rings. The Balaban J connectivity index is 1.73. The molecule has 1 aliphatic heterocycles. The van der Waals surface area contributed by atoms with Crippen LogP contribution in [0.5, 0.6) is 0 Å². The van der Waals surface area contributed by atoms with Gasteiger partial charge in [0.15, 0.2) is 0 Å². The molecule has 0 radical (unpaired) electrons. The lowest BCUT2D eigenvalue weighted by Crippen LogP contribution is -2.55. The van der Waals surface area contributed by atoms with Crippen LogP contribution in [-0.2, 0) is 9.53 Å². The minimum atomic E-state index is -0.866. The van der Waals surface area contributed by atoms with Crippen LogP contribution < -0.4 is 15.5 Å². The van der Waals surface area contributed by atoms with Crippen LogP contribution in [0.1, 0.15) is 44.1 Å². The van der Waals surface area contributed by atoms with Crippen LogP contribution in [0.3, 0.4) is 0 Å². The number of nitrogens with zero attached hydrogens (tertiary/aromatic N) is 1. The van der Waals surface area contributed by atoms with Gasteiger partial charge in [-0.3, -0.25) is 4.79 Å². The first-order valence-electron chi connectivity index (χ1n) is 9.07. The zero-order valence-corrected chi connectivity index (χ0v) is 15.1. The second-order valence-electron chi connectivity index (χ2n) is 7.06. The Morgan fingerprint density at radius 3 is 2.40 bits per heavy atom. The van der Waals surface area contributed by atoms with Crippen molar-refractivity contribution in [3.63, 3.8) is 0 Å². The molecule has 0 spiro atoms. The van der Waals surface area contributed by atoms with Gasteiger partial charge in [0.05, 0.1) is 7.11 Å². The average Bonchev–Trinajstić information content (AvgIpc) is 3.27. The molecule has 6 heteroatoms. The van der Waals surface area contributed by atoms with Crippen molar-refractivity contribution in [3.05, 3.63) is 23.8 Å². The third kappa shape index (κ3) is 3.72. The minimum Gasteiger partial charge on any atom is -0.453 e. The van der Waals surface area contributed by atoms with Gasteiger partial charge in [0, 0.05) is 24.5 Å². The number of hydrogen-bond donors (Lipinski definition) is 2. The molecule has 0 atom stereocenters. The Morgan fingerprint density at radius 1 is 1.12 bits per heavy atom. The molecule has 6 nitrogen and oxygen atoms in total. The highest BCUT2D eigenvalue weighted by Crippen LogP contribution is 2.32. The lowest BCUT2D eigenvalue weighted by molar-refractivity contribution is -0.122. The summed E-state index contributed by atoms with van der Waals surface area (Å²) in [7, 11) is 1.32. The molecule has 0 bridgehead atoms. The van der Waals surface area contributed by atoms with Gasteiger partial charge in [0.25, 0.3) is 0 Å². The standard InChI is InChI=1S/C19H27N3O3/c1-14-13-15(7-8-16(14)22-11-5-6-12-22)20-17(23)19(9-3-4-10-19)21-18(24)25-2/h7-8,13H,3-6,9-12H2,1-2H3,(H,20,23)(H,21,24). The quantitative estimate of drug-likeness (QED) is 0.879. The van der Waals surface area contributed by atoms with Crippen LogP contribution in [-0.4, -0.2) is 37.7 Å². The van der Waals surface area contributed by atoms with E-state index in [4.69, 9.17) is 4.74 Å². The Kier molecular flexibility index (Phi) is 5.16. The summed E-state index contributed by atoms with van der Waals surface area (Å²) in [6.07, 6.45) is 5.03. The largest absolute Gasteiger partial charge is 0.453 e. The van der Waals surface area contributed by atoms with E-state index in [1.54, 1.807) is 0 Å². The molecule has 1 heterocycles. The molecule has 1 aromatic carbocycles. The Labute approximate surface area is 148 Å². The van der Waals surface area contributed by atoms with E-state index < -0.39 is 11.6 Å². The van der Waals surface area contributed by atoms with Crippen molar-refractivity contribution >= 4 is 23.4 Å². The zero-order valence-electron chi connectivity index (χ0n) is 15.1. The fourth-order valence-corrected chi connectivity index (χ4v) is 3.93. The number of carbonyl (C=O) groups excluding carboxylic acids is 2. The molecule has 1 saturated heterocycles. The Morgan fingerprint density at radius 2 is 1.80 bits per heavy atom. The van der Waals surface area contributed by atoms with E-state index in [2.05, 4.69) is 28.5 Å². The number of rotatable bonds is 4. The number of amides is 2. The lowest BCUT2D eigenvalue weighted by atomic mass is 9.96. The number of alkyl carbamates (subject to hydrolysis) is 1. The minimum absolute atomic E-state index is 0.163. The van der Waals surface area contributed by atoms with Gasteiger partial charge >= 0.3 is 6.09 Å². The summed E-state index contributed by atoms with van der Waals surface area (Å²) in [6.45, 7) is 4.26. The maximum Gasteiger partial charge on any atom is 0.407 e. The van der Waals surface area contributed by atoms with Gasteiger partial charge in [0.1, 0.15) is 5.54 Å². The molecule has 2 amide bonds. The summed E-state index contributed by atoms with van der Waals surface area (Å²) in [5, 5.41) is 5.74. The number of benzene rings is 1. The van der Waals surface area contributed by atoms with E-state index in [0.29, 0.717) is 12.8 Å². The van der Waals surface area contributed by atoms with Crippen molar-refractivity contribution in [1.29, 1.82) is 0 Å². The van der Waals surface area contributed by atoms with Gasteiger partial charge in [-0.25, -0.2) is 4.79 Å². The number of ether oxygens (including phenoxy) is 1. The smallest absolute Gasteiger partial charge is 0.407 e. The second-order valence-corrected chi connectivity index (χ2v) is 7.06. The third-order valence-corrected chi connectivity index (χ3v) is 5.32. The molecular formula is C19H27N3O3. The molecule has 1 saturated carbocycles. The molecule has 2 aliphatic rings. The highest BCUT2D eigenvalue weighted by atomic mass is 16.5. The van der Waals surface area contributed by atoms with Crippen LogP contribution in [0.25, 0.3) is 0 Å². The Bertz CT molecular complexity index is 647. The summed E-state index contributed by atoms with van der Waals surface area (Å²) in [4.78, 5) is 26.9. The molecule has 3 rings (SSSR count). The fraction of sp³-hybridized carbons (Fsp3) is 0.579. The van der Waals surface area contributed by atoms with Crippen LogP contribution in [0, 0.1) is 6.92 Å². The Hall–Kier alpha value is -2.24. The fourth-order valence-electron chi connectivity index (χ4n) is 3.93. The molecule has 1 aliphatic carbocycles. The normalized spacial score (nSPS) is 18.9. The van der Waals surface area contributed by atoms with Crippen molar-refractivity contribution in [2.45, 2.75) is 51.0 Å². The summed E-state index contributed by atoms with van der Waals surface area (Å²) < 4.78 is 4.69. The maximum absolute atomic E-state index is 12.8. The molecule has 0 unspecified atom stereocenters. The van der Waals surface area contributed by atoms with Crippen LogP contribution in [0.15, 0.2) is 18.2 Å². The van der Waals surface area contributed by atoms with Crippen LogP contribution in [0.2, 0.25) is 0 Å². The van der Waals surface area contributed by atoms with Gasteiger partial charge in [-0.15, -0.1) is 0 Å². The van der Waals surface area contributed by atoms with E-state index in [-0.39, 0.29) is 5.91 Å². The highest BCUT2D eigenvalue weighted by molar-refractivity contribution is 6.00. The average molecular weight is 345 g/mol. The molecule has 25 heavy (non-hydrogen) atoms. The summed E-state index contributed by atoms with van der Waals surface area (Å²) in [6, 6.07) is 6.02. The summed E-state index contributed by atoms with van der Waals surface area (Å²) in [5.74, 6) is -0.163. The van der Waals surface area contributed by atoms with Crippen molar-refractivity contribution in [3.8, 4) is 0 Å². The van der Waals surface area contributed by atoms with Gasteiger partial charge in [-0.05, 0) is 56.4 Å². The van der Waals surface area contributed by atoms with Gasteiger partial charge < -0.3 is 20.3 Å². The number of aryl methyl sites for hydroxylation is 1. The van der Waals surface area contributed by atoms with Gasteiger partial charge in [-0.1, -0.05) is 12.8 Å². The highest BCUT2D eigenvalue weighted by Gasteiger charge is 2.42.